The summed E-state index contributed by atoms with van der Waals surface area (Å²) < 4.78 is 0. The van der Waals surface area contributed by atoms with E-state index in [4.69, 9.17) is 0 Å². The highest BCUT2D eigenvalue weighted by Gasteiger charge is 2.47. The second-order valence-corrected chi connectivity index (χ2v) is 7.73. The van der Waals surface area contributed by atoms with Crippen LogP contribution in [-0.4, -0.2) is 39.4 Å². The molecule has 24 heavy (non-hydrogen) atoms. The van der Waals surface area contributed by atoms with Crippen molar-refractivity contribution in [1.82, 2.24) is 15.1 Å². The lowest BCUT2D eigenvalue weighted by molar-refractivity contribution is -0.140. The Balaban J connectivity index is 1.54. The maximum absolute atomic E-state index is 12.4. The van der Waals surface area contributed by atoms with Crippen LogP contribution in [0.3, 0.4) is 0 Å². The first-order valence-corrected chi connectivity index (χ1v) is 9.27. The molecule has 1 saturated heterocycles. The second-order valence-electron chi connectivity index (χ2n) is 6.72. The van der Waals surface area contributed by atoms with Gasteiger partial charge in [-0.1, -0.05) is 38.0 Å². The van der Waals surface area contributed by atoms with E-state index in [2.05, 4.69) is 15.5 Å². The molecule has 1 aromatic rings. The summed E-state index contributed by atoms with van der Waals surface area (Å²) in [6.45, 7) is 4.17. The van der Waals surface area contributed by atoms with Gasteiger partial charge in [-0.2, -0.15) is 0 Å². The summed E-state index contributed by atoms with van der Waals surface area (Å²) in [6, 6.07) is 0. The molecule has 1 aromatic heterocycles. The first-order valence-electron chi connectivity index (χ1n) is 8.46. The lowest BCUT2D eigenvalue weighted by Gasteiger charge is -2.19. The predicted octanol–water partition coefficient (Wildman–Crippen LogP) is 2.17. The van der Waals surface area contributed by atoms with Gasteiger partial charge in [0.05, 0.1) is 11.8 Å². The van der Waals surface area contributed by atoms with Crippen molar-refractivity contribution in [1.29, 1.82) is 0 Å². The first kappa shape index (κ1) is 17.0. The van der Waals surface area contributed by atoms with Gasteiger partial charge in [0.1, 0.15) is 5.01 Å². The number of nitrogens with one attached hydrogen (secondary N) is 1. The molecule has 0 bridgehead atoms. The van der Waals surface area contributed by atoms with Gasteiger partial charge in [-0.15, -0.1) is 10.2 Å². The van der Waals surface area contributed by atoms with Gasteiger partial charge in [-0.05, 0) is 12.8 Å². The van der Waals surface area contributed by atoms with E-state index in [9.17, 15) is 14.4 Å². The summed E-state index contributed by atoms with van der Waals surface area (Å²) in [5, 5.41) is 12.0. The van der Waals surface area contributed by atoms with Gasteiger partial charge < -0.3 is 5.32 Å². The molecular weight excluding hydrogens is 328 g/mol. The average Bonchev–Trinajstić information content (AvgIpc) is 3.11. The summed E-state index contributed by atoms with van der Waals surface area (Å²) in [4.78, 5) is 38.0. The Bertz CT molecular complexity index is 634. The Morgan fingerprint density at radius 1 is 1.21 bits per heavy atom. The van der Waals surface area contributed by atoms with Crippen molar-refractivity contribution >= 4 is 34.2 Å². The van der Waals surface area contributed by atoms with Crippen molar-refractivity contribution in [2.45, 2.75) is 51.9 Å². The number of rotatable bonds is 5. The molecule has 2 heterocycles. The molecule has 0 radical (unpaired) electrons. The fraction of sp³-hybridized carbons (Fsp3) is 0.688. The number of nitrogens with zero attached hydrogens (tertiary/aromatic N) is 3. The molecule has 1 N–H and O–H groups in total. The molecule has 3 amide bonds. The molecule has 8 heteroatoms. The minimum atomic E-state index is -0.253. The first-order chi connectivity index (χ1) is 11.5. The molecule has 7 nitrogen and oxygen atoms in total. The molecule has 1 saturated carbocycles. The Morgan fingerprint density at radius 3 is 2.38 bits per heavy atom. The third kappa shape index (κ3) is 3.33. The van der Waals surface area contributed by atoms with Gasteiger partial charge in [0.2, 0.25) is 22.9 Å². The fourth-order valence-electron chi connectivity index (χ4n) is 3.36. The third-order valence-electron chi connectivity index (χ3n) is 4.68. The Labute approximate surface area is 144 Å². The highest BCUT2D eigenvalue weighted by molar-refractivity contribution is 7.15. The van der Waals surface area contributed by atoms with E-state index in [0.29, 0.717) is 5.13 Å². The number of imide groups is 1. The molecule has 1 aliphatic carbocycles. The zero-order chi connectivity index (χ0) is 17.3. The van der Waals surface area contributed by atoms with Gasteiger partial charge >= 0.3 is 0 Å². The monoisotopic (exact) mass is 350 g/mol. The molecule has 130 valence electrons. The van der Waals surface area contributed by atoms with Crippen LogP contribution in [0.4, 0.5) is 5.13 Å². The Kier molecular flexibility index (Phi) is 4.93. The maximum atomic E-state index is 12.4. The number of hydrogen-bond acceptors (Lipinski definition) is 6. The maximum Gasteiger partial charge on any atom is 0.233 e. The number of anilines is 1. The summed E-state index contributed by atoms with van der Waals surface area (Å²) in [7, 11) is 0. The lowest BCUT2D eigenvalue weighted by Crippen LogP contribution is -2.34. The average molecular weight is 350 g/mol. The van der Waals surface area contributed by atoms with Gasteiger partial charge in [0, 0.05) is 18.9 Å². The van der Waals surface area contributed by atoms with Crippen molar-refractivity contribution in [2.24, 2.45) is 11.8 Å². The second kappa shape index (κ2) is 6.96. The van der Waals surface area contributed by atoms with E-state index < -0.39 is 0 Å². The van der Waals surface area contributed by atoms with Crippen LogP contribution in [0, 0.1) is 11.8 Å². The highest BCUT2D eigenvalue weighted by atomic mass is 32.1. The Morgan fingerprint density at radius 2 is 1.83 bits per heavy atom. The third-order valence-corrected chi connectivity index (χ3v) is 5.82. The zero-order valence-corrected chi connectivity index (χ0v) is 14.8. The SMILES string of the molecule is CC(C)c1nnc(NC(=O)CCN2C(=O)[C@H]3CCCC[C@H]3C2=O)s1. The van der Waals surface area contributed by atoms with Crippen LogP contribution in [0.2, 0.25) is 0 Å². The van der Waals surface area contributed by atoms with Crippen molar-refractivity contribution < 1.29 is 14.4 Å². The number of hydrogen-bond donors (Lipinski definition) is 1. The predicted molar refractivity (Wildman–Crippen MR) is 89.4 cm³/mol. The van der Waals surface area contributed by atoms with Crippen LogP contribution in [0.25, 0.3) is 0 Å². The van der Waals surface area contributed by atoms with Crippen molar-refractivity contribution in [2.75, 3.05) is 11.9 Å². The number of aromatic nitrogens is 2. The van der Waals surface area contributed by atoms with E-state index >= 15 is 0 Å². The summed E-state index contributed by atoms with van der Waals surface area (Å²) in [5.74, 6) is -0.517. The number of amides is 3. The Hall–Kier alpha value is -1.83. The topological polar surface area (TPSA) is 92.3 Å². The van der Waals surface area contributed by atoms with Gasteiger partial charge in [0.15, 0.2) is 0 Å². The van der Waals surface area contributed by atoms with Crippen LogP contribution in [0.5, 0.6) is 0 Å². The molecule has 2 aliphatic rings. The molecule has 2 atom stereocenters. The minimum absolute atomic E-state index is 0.0908. The van der Waals surface area contributed by atoms with E-state index in [-0.39, 0.29) is 48.4 Å². The highest BCUT2D eigenvalue weighted by Crippen LogP contribution is 2.38. The molecule has 2 fully saturated rings. The molecule has 0 unspecified atom stereocenters. The van der Waals surface area contributed by atoms with Gasteiger partial charge in [0.25, 0.3) is 0 Å². The summed E-state index contributed by atoms with van der Waals surface area (Å²) >= 11 is 1.34. The van der Waals surface area contributed by atoms with E-state index in [1.54, 1.807) is 0 Å². The molecule has 0 spiro atoms. The molecular formula is C16H22N4O3S. The van der Waals surface area contributed by atoms with Crippen LogP contribution in [-0.2, 0) is 14.4 Å². The van der Waals surface area contributed by atoms with E-state index in [1.165, 1.54) is 16.2 Å². The fourth-order valence-corrected chi connectivity index (χ4v) is 4.13. The lowest BCUT2D eigenvalue weighted by atomic mass is 9.81. The van der Waals surface area contributed by atoms with Crippen molar-refractivity contribution in [3.05, 3.63) is 5.01 Å². The number of fused-ring (bicyclic) bond motifs is 1. The largest absolute Gasteiger partial charge is 0.300 e. The van der Waals surface area contributed by atoms with Gasteiger partial charge in [-0.3, -0.25) is 19.3 Å². The smallest absolute Gasteiger partial charge is 0.233 e. The zero-order valence-electron chi connectivity index (χ0n) is 13.9. The molecule has 3 rings (SSSR count). The summed E-state index contributed by atoms with van der Waals surface area (Å²) in [5.41, 5.74) is 0. The normalized spacial score (nSPS) is 23.7. The van der Waals surface area contributed by atoms with E-state index in [0.717, 1.165) is 30.7 Å². The number of likely N-dealkylation sites (tertiary alicyclic amines) is 1. The van der Waals surface area contributed by atoms with Crippen molar-refractivity contribution in [3.8, 4) is 0 Å². The van der Waals surface area contributed by atoms with Crippen LogP contribution >= 0.6 is 11.3 Å². The van der Waals surface area contributed by atoms with Crippen molar-refractivity contribution in [3.63, 3.8) is 0 Å². The minimum Gasteiger partial charge on any atom is -0.300 e. The van der Waals surface area contributed by atoms with Crippen LogP contribution in [0.15, 0.2) is 0 Å². The quantitative estimate of drug-likeness (QED) is 0.822. The van der Waals surface area contributed by atoms with Crippen LogP contribution < -0.4 is 5.32 Å². The van der Waals surface area contributed by atoms with Gasteiger partial charge in [-0.25, -0.2) is 0 Å². The number of carbonyl (C=O) groups is 3. The molecule has 1 aliphatic heterocycles. The van der Waals surface area contributed by atoms with E-state index in [1.807, 2.05) is 13.8 Å². The van der Waals surface area contributed by atoms with Crippen LogP contribution in [0.1, 0.15) is 56.9 Å². The molecule has 0 aromatic carbocycles. The number of carbonyl (C=O) groups excluding carboxylic acids is 3. The standard InChI is InChI=1S/C16H22N4O3S/c1-9(2)13-18-19-16(24-13)17-12(21)7-8-20-14(22)10-5-3-4-6-11(10)15(20)23/h9-11H,3-8H2,1-2H3,(H,17,19,21)/t10-,11+. The summed E-state index contributed by atoms with van der Waals surface area (Å²) in [6.07, 6.45) is 3.68.